The topological polar surface area (TPSA) is 74.2 Å². The van der Waals surface area contributed by atoms with Crippen LogP contribution in [0.25, 0.3) is 22.2 Å². The van der Waals surface area contributed by atoms with Gasteiger partial charge in [-0.05, 0) is 37.6 Å². The number of thiophene rings is 1. The summed E-state index contributed by atoms with van der Waals surface area (Å²) in [5.41, 5.74) is 7.70. The SMILES string of the molecule is CCOc1cccc(-c2noc(-c3sc(N)cc3C)n2)c1. The van der Waals surface area contributed by atoms with Crippen molar-refractivity contribution in [1.82, 2.24) is 10.1 Å². The summed E-state index contributed by atoms with van der Waals surface area (Å²) in [5.74, 6) is 1.82. The van der Waals surface area contributed by atoms with Gasteiger partial charge in [0.15, 0.2) is 0 Å². The van der Waals surface area contributed by atoms with E-state index in [1.807, 2.05) is 44.2 Å². The Hall–Kier alpha value is -2.34. The first-order valence-corrected chi connectivity index (χ1v) is 7.42. The zero-order valence-corrected chi connectivity index (χ0v) is 12.6. The minimum atomic E-state index is 0.492. The molecule has 0 fully saturated rings. The minimum Gasteiger partial charge on any atom is -0.494 e. The summed E-state index contributed by atoms with van der Waals surface area (Å²) in [6.45, 7) is 4.54. The summed E-state index contributed by atoms with van der Waals surface area (Å²) in [4.78, 5) is 5.36. The fraction of sp³-hybridized carbons (Fsp3) is 0.200. The van der Waals surface area contributed by atoms with Crippen LogP contribution in [0.2, 0.25) is 0 Å². The third kappa shape index (κ3) is 2.75. The van der Waals surface area contributed by atoms with Gasteiger partial charge in [-0.1, -0.05) is 17.3 Å². The highest BCUT2D eigenvalue weighted by Gasteiger charge is 2.15. The monoisotopic (exact) mass is 301 g/mol. The number of ether oxygens (including phenoxy) is 1. The van der Waals surface area contributed by atoms with Gasteiger partial charge >= 0.3 is 0 Å². The van der Waals surface area contributed by atoms with Crippen LogP contribution in [0.15, 0.2) is 34.9 Å². The summed E-state index contributed by atoms with van der Waals surface area (Å²) >= 11 is 1.44. The molecular weight excluding hydrogens is 286 g/mol. The zero-order chi connectivity index (χ0) is 14.8. The highest BCUT2D eigenvalue weighted by Crippen LogP contribution is 2.34. The van der Waals surface area contributed by atoms with Crippen molar-refractivity contribution < 1.29 is 9.26 Å². The molecule has 5 nitrogen and oxygen atoms in total. The number of aromatic nitrogens is 2. The van der Waals surface area contributed by atoms with Gasteiger partial charge in [-0.15, -0.1) is 11.3 Å². The van der Waals surface area contributed by atoms with Crippen LogP contribution in [0.3, 0.4) is 0 Å². The van der Waals surface area contributed by atoms with Crippen molar-refractivity contribution in [2.24, 2.45) is 0 Å². The molecule has 2 aromatic heterocycles. The van der Waals surface area contributed by atoms with Crippen molar-refractivity contribution in [1.29, 1.82) is 0 Å². The first-order chi connectivity index (χ1) is 10.2. The van der Waals surface area contributed by atoms with Gasteiger partial charge in [-0.25, -0.2) is 0 Å². The number of nitrogens with two attached hydrogens (primary N) is 1. The molecule has 1 aromatic carbocycles. The Morgan fingerprint density at radius 3 is 2.90 bits per heavy atom. The van der Waals surface area contributed by atoms with E-state index in [9.17, 15) is 0 Å². The highest BCUT2D eigenvalue weighted by atomic mass is 32.1. The molecule has 0 saturated heterocycles. The second-order valence-electron chi connectivity index (χ2n) is 4.54. The van der Waals surface area contributed by atoms with Gasteiger partial charge in [0, 0.05) is 5.56 Å². The van der Waals surface area contributed by atoms with E-state index in [0.29, 0.717) is 18.3 Å². The maximum Gasteiger partial charge on any atom is 0.268 e. The van der Waals surface area contributed by atoms with Gasteiger partial charge in [0.1, 0.15) is 5.75 Å². The Bertz CT molecular complexity index is 764. The third-order valence-corrected chi connectivity index (χ3v) is 4.01. The number of aryl methyl sites for hydroxylation is 1. The first-order valence-electron chi connectivity index (χ1n) is 6.60. The molecule has 0 radical (unpaired) electrons. The lowest BCUT2D eigenvalue weighted by molar-refractivity contribution is 0.340. The number of benzene rings is 1. The van der Waals surface area contributed by atoms with E-state index in [-0.39, 0.29) is 0 Å². The molecule has 21 heavy (non-hydrogen) atoms. The van der Waals surface area contributed by atoms with Gasteiger partial charge in [0.25, 0.3) is 5.89 Å². The fourth-order valence-corrected chi connectivity index (χ4v) is 2.91. The predicted octanol–water partition coefficient (Wildman–Crippen LogP) is 3.75. The van der Waals surface area contributed by atoms with Crippen LogP contribution < -0.4 is 10.5 Å². The van der Waals surface area contributed by atoms with Crippen LogP contribution >= 0.6 is 11.3 Å². The standard InChI is InChI=1S/C15H15N3O2S/c1-3-19-11-6-4-5-10(8-11)14-17-15(20-18-14)13-9(2)7-12(16)21-13/h4-8H,3,16H2,1-2H3. The van der Waals surface area contributed by atoms with E-state index in [4.69, 9.17) is 15.0 Å². The van der Waals surface area contributed by atoms with Gasteiger partial charge in [-0.3, -0.25) is 0 Å². The number of rotatable bonds is 4. The van der Waals surface area contributed by atoms with Crippen molar-refractivity contribution >= 4 is 16.3 Å². The quantitative estimate of drug-likeness (QED) is 0.794. The summed E-state index contributed by atoms with van der Waals surface area (Å²) in [7, 11) is 0. The fourth-order valence-electron chi connectivity index (χ4n) is 2.04. The van der Waals surface area contributed by atoms with Crippen LogP contribution in [0.1, 0.15) is 12.5 Å². The van der Waals surface area contributed by atoms with Crippen LogP contribution in [-0.4, -0.2) is 16.7 Å². The smallest absolute Gasteiger partial charge is 0.268 e. The summed E-state index contributed by atoms with van der Waals surface area (Å²) < 4.78 is 10.8. The van der Waals surface area contributed by atoms with E-state index in [2.05, 4.69) is 10.1 Å². The second-order valence-corrected chi connectivity index (χ2v) is 5.63. The van der Waals surface area contributed by atoms with E-state index >= 15 is 0 Å². The molecule has 2 N–H and O–H groups in total. The van der Waals surface area contributed by atoms with Gasteiger partial charge in [-0.2, -0.15) is 4.98 Å². The molecule has 3 rings (SSSR count). The lowest BCUT2D eigenvalue weighted by Crippen LogP contribution is -1.91. The lowest BCUT2D eigenvalue weighted by Gasteiger charge is -2.02. The maximum atomic E-state index is 5.80. The van der Waals surface area contributed by atoms with Crippen LogP contribution in [0.4, 0.5) is 5.00 Å². The molecule has 3 aromatic rings. The Balaban J connectivity index is 1.95. The van der Waals surface area contributed by atoms with Crippen molar-refractivity contribution in [2.45, 2.75) is 13.8 Å². The zero-order valence-electron chi connectivity index (χ0n) is 11.8. The molecule has 0 aliphatic rings. The van der Waals surface area contributed by atoms with Crippen LogP contribution in [0.5, 0.6) is 5.75 Å². The molecule has 0 amide bonds. The van der Waals surface area contributed by atoms with Crippen molar-refractivity contribution in [3.63, 3.8) is 0 Å². The number of hydrogen-bond donors (Lipinski definition) is 1. The summed E-state index contributed by atoms with van der Waals surface area (Å²) in [6.07, 6.45) is 0. The van der Waals surface area contributed by atoms with E-state index in [1.165, 1.54) is 11.3 Å². The summed E-state index contributed by atoms with van der Waals surface area (Å²) in [5, 5.41) is 4.78. The molecule has 6 heteroatoms. The Kier molecular flexibility index (Phi) is 3.62. The Labute approximate surface area is 126 Å². The molecule has 0 aliphatic heterocycles. The van der Waals surface area contributed by atoms with Crippen molar-refractivity contribution in [3.8, 4) is 27.9 Å². The second kappa shape index (κ2) is 5.57. The number of anilines is 1. The molecule has 0 aliphatic carbocycles. The van der Waals surface area contributed by atoms with E-state index in [1.54, 1.807) is 0 Å². The highest BCUT2D eigenvalue weighted by molar-refractivity contribution is 7.19. The van der Waals surface area contributed by atoms with Crippen LogP contribution in [-0.2, 0) is 0 Å². The average molecular weight is 301 g/mol. The van der Waals surface area contributed by atoms with E-state index in [0.717, 1.165) is 26.8 Å². The number of nitrogens with zero attached hydrogens (tertiary/aromatic N) is 2. The normalized spacial score (nSPS) is 10.8. The molecule has 0 spiro atoms. The lowest BCUT2D eigenvalue weighted by atomic mass is 10.2. The largest absolute Gasteiger partial charge is 0.494 e. The molecule has 2 heterocycles. The van der Waals surface area contributed by atoms with Crippen molar-refractivity contribution in [3.05, 3.63) is 35.9 Å². The Morgan fingerprint density at radius 1 is 1.33 bits per heavy atom. The molecule has 0 saturated carbocycles. The van der Waals surface area contributed by atoms with Gasteiger partial charge in [0.05, 0.1) is 16.5 Å². The first kappa shape index (κ1) is 13.6. The molecule has 108 valence electrons. The van der Waals surface area contributed by atoms with Gasteiger partial charge in [0.2, 0.25) is 5.82 Å². The molecule has 0 unspecified atom stereocenters. The van der Waals surface area contributed by atoms with E-state index < -0.39 is 0 Å². The maximum absolute atomic E-state index is 5.80. The number of hydrogen-bond acceptors (Lipinski definition) is 6. The third-order valence-electron chi connectivity index (χ3n) is 2.96. The van der Waals surface area contributed by atoms with Gasteiger partial charge < -0.3 is 15.0 Å². The average Bonchev–Trinajstić information content (AvgIpc) is 3.06. The summed E-state index contributed by atoms with van der Waals surface area (Å²) in [6, 6.07) is 9.53. The molecular formula is C15H15N3O2S. The predicted molar refractivity (Wildman–Crippen MR) is 83.4 cm³/mol. The molecule has 0 bridgehead atoms. The molecule has 0 atom stereocenters. The Morgan fingerprint density at radius 2 is 2.19 bits per heavy atom. The van der Waals surface area contributed by atoms with Crippen LogP contribution in [0, 0.1) is 6.92 Å². The number of nitrogen functional groups attached to an aromatic ring is 1. The van der Waals surface area contributed by atoms with Crippen molar-refractivity contribution in [2.75, 3.05) is 12.3 Å². The minimum absolute atomic E-state index is 0.492.